The Morgan fingerprint density at radius 3 is 2.47 bits per heavy atom. The Labute approximate surface area is 92.2 Å². The fraction of sp³-hybridized carbons (Fsp3) is 0.909. The van der Waals surface area contributed by atoms with Crippen LogP contribution in [-0.4, -0.2) is 29.4 Å². The second kappa shape index (κ2) is 4.49. The van der Waals surface area contributed by atoms with E-state index in [1.807, 2.05) is 0 Å². The number of nitrogens with zero attached hydrogens (tertiary/aromatic N) is 1. The van der Waals surface area contributed by atoms with Crippen molar-refractivity contribution < 1.29 is 4.79 Å². The van der Waals surface area contributed by atoms with Crippen LogP contribution < -0.4 is 11.3 Å². The van der Waals surface area contributed by atoms with Crippen LogP contribution >= 0.6 is 0 Å². The highest BCUT2D eigenvalue weighted by molar-refractivity contribution is 5.78. The van der Waals surface area contributed by atoms with Crippen molar-refractivity contribution in [3.05, 3.63) is 0 Å². The minimum absolute atomic E-state index is 0.0317. The summed E-state index contributed by atoms with van der Waals surface area (Å²) in [6, 6.07) is 0. The number of carbonyl (C=O) groups excluding carboxylic acids is 1. The molecule has 2 atom stereocenters. The van der Waals surface area contributed by atoms with E-state index in [9.17, 15) is 4.79 Å². The smallest absolute Gasteiger partial charge is 0.238 e. The predicted molar refractivity (Wildman–Crippen MR) is 60.9 cm³/mol. The Morgan fingerprint density at radius 2 is 2.00 bits per heavy atom. The second-order valence-corrected chi connectivity index (χ2v) is 5.62. The highest BCUT2D eigenvalue weighted by Gasteiger charge is 2.33. The van der Waals surface area contributed by atoms with Crippen molar-refractivity contribution in [1.82, 2.24) is 10.3 Å². The molecular formula is C11H23N3O. The first-order chi connectivity index (χ1) is 6.84. The van der Waals surface area contributed by atoms with Crippen molar-refractivity contribution in [3.63, 3.8) is 0 Å². The first-order valence-electron chi connectivity index (χ1n) is 5.60. The molecule has 3 N–H and O–H groups in total. The van der Waals surface area contributed by atoms with Crippen molar-refractivity contribution >= 4 is 5.91 Å². The summed E-state index contributed by atoms with van der Waals surface area (Å²) in [5.74, 6) is 5.75. The highest BCUT2D eigenvalue weighted by Crippen LogP contribution is 2.27. The Balaban J connectivity index is 2.68. The SMILES string of the molecule is CC1CC(C(=O)NN)CN(C(C)(C)C)C1. The van der Waals surface area contributed by atoms with E-state index in [4.69, 9.17) is 5.84 Å². The molecule has 4 heteroatoms. The summed E-state index contributed by atoms with van der Waals surface area (Å²) in [6.07, 6.45) is 0.940. The van der Waals surface area contributed by atoms with Crippen LogP contribution in [0.5, 0.6) is 0 Å². The zero-order valence-electron chi connectivity index (χ0n) is 10.2. The zero-order valence-corrected chi connectivity index (χ0v) is 10.2. The molecule has 4 nitrogen and oxygen atoms in total. The molecule has 0 aliphatic carbocycles. The van der Waals surface area contributed by atoms with Crippen LogP contribution in [0.25, 0.3) is 0 Å². The maximum absolute atomic E-state index is 11.5. The summed E-state index contributed by atoms with van der Waals surface area (Å²) in [6.45, 7) is 10.6. The van der Waals surface area contributed by atoms with Gasteiger partial charge in [-0.25, -0.2) is 5.84 Å². The van der Waals surface area contributed by atoms with Gasteiger partial charge >= 0.3 is 0 Å². The monoisotopic (exact) mass is 213 g/mol. The summed E-state index contributed by atoms with van der Waals surface area (Å²) < 4.78 is 0. The van der Waals surface area contributed by atoms with Gasteiger partial charge in [0.15, 0.2) is 0 Å². The van der Waals surface area contributed by atoms with Crippen molar-refractivity contribution in [2.75, 3.05) is 13.1 Å². The summed E-state index contributed by atoms with van der Waals surface area (Å²) in [7, 11) is 0. The van der Waals surface area contributed by atoms with Crippen molar-refractivity contribution in [3.8, 4) is 0 Å². The molecule has 0 aromatic rings. The van der Waals surface area contributed by atoms with Gasteiger partial charge < -0.3 is 0 Å². The molecule has 0 radical (unpaired) electrons. The van der Waals surface area contributed by atoms with E-state index >= 15 is 0 Å². The van der Waals surface area contributed by atoms with Gasteiger partial charge in [-0.15, -0.1) is 0 Å². The standard InChI is InChI=1S/C11H23N3O/c1-8-5-9(10(15)13-12)7-14(6-8)11(2,3)4/h8-9H,5-7,12H2,1-4H3,(H,13,15). The van der Waals surface area contributed by atoms with E-state index in [1.165, 1.54) is 0 Å². The van der Waals surface area contributed by atoms with Crippen molar-refractivity contribution in [2.24, 2.45) is 17.7 Å². The fourth-order valence-corrected chi connectivity index (χ4v) is 2.21. The summed E-state index contributed by atoms with van der Waals surface area (Å²) in [4.78, 5) is 13.9. The number of carbonyl (C=O) groups is 1. The van der Waals surface area contributed by atoms with E-state index in [2.05, 4.69) is 38.0 Å². The molecule has 0 saturated carbocycles. The molecule has 1 saturated heterocycles. The minimum atomic E-state index is -0.0317. The Morgan fingerprint density at radius 1 is 1.40 bits per heavy atom. The Kier molecular flexibility index (Phi) is 3.73. The Hall–Kier alpha value is -0.610. The topological polar surface area (TPSA) is 58.4 Å². The average molecular weight is 213 g/mol. The summed E-state index contributed by atoms with van der Waals surface area (Å²) in [5.41, 5.74) is 2.39. The lowest BCUT2D eigenvalue weighted by Gasteiger charge is -2.43. The van der Waals surface area contributed by atoms with Crippen LogP contribution in [-0.2, 0) is 4.79 Å². The molecule has 88 valence electrons. The molecule has 15 heavy (non-hydrogen) atoms. The lowest BCUT2D eigenvalue weighted by atomic mass is 9.87. The number of amides is 1. The quantitative estimate of drug-likeness (QED) is 0.383. The van der Waals surface area contributed by atoms with Gasteiger partial charge in [0.2, 0.25) is 5.91 Å². The Bertz CT molecular complexity index is 234. The lowest BCUT2D eigenvalue weighted by molar-refractivity contribution is -0.128. The largest absolute Gasteiger partial charge is 0.297 e. The number of hydrogen-bond donors (Lipinski definition) is 2. The molecular weight excluding hydrogens is 190 g/mol. The van der Waals surface area contributed by atoms with E-state index in [-0.39, 0.29) is 17.4 Å². The fourth-order valence-electron chi connectivity index (χ4n) is 2.21. The van der Waals surface area contributed by atoms with E-state index in [0.29, 0.717) is 5.92 Å². The number of nitrogens with one attached hydrogen (secondary N) is 1. The maximum atomic E-state index is 11.5. The number of likely N-dealkylation sites (tertiary alicyclic amines) is 1. The summed E-state index contributed by atoms with van der Waals surface area (Å²) >= 11 is 0. The number of rotatable bonds is 1. The van der Waals surface area contributed by atoms with Gasteiger partial charge in [-0.3, -0.25) is 15.1 Å². The lowest BCUT2D eigenvalue weighted by Crippen LogP contribution is -2.53. The number of hydrogen-bond acceptors (Lipinski definition) is 3. The molecule has 1 fully saturated rings. The van der Waals surface area contributed by atoms with E-state index in [0.717, 1.165) is 19.5 Å². The van der Waals surface area contributed by atoms with E-state index < -0.39 is 0 Å². The van der Waals surface area contributed by atoms with Gasteiger partial charge in [-0.05, 0) is 33.1 Å². The zero-order chi connectivity index (χ0) is 11.6. The molecule has 0 aromatic carbocycles. The minimum Gasteiger partial charge on any atom is -0.297 e. The van der Waals surface area contributed by atoms with Crippen LogP contribution in [0.15, 0.2) is 0 Å². The third-order valence-electron chi connectivity index (χ3n) is 3.12. The molecule has 1 aliphatic heterocycles. The van der Waals surface area contributed by atoms with Crippen LogP contribution in [0.3, 0.4) is 0 Å². The molecule has 0 spiro atoms. The molecule has 1 amide bonds. The van der Waals surface area contributed by atoms with Gasteiger partial charge in [-0.2, -0.15) is 0 Å². The molecule has 1 heterocycles. The van der Waals surface area contributed by atoms with Gasteiger partial charge in [0, 0.05) is 18.6 Å². The van der Waals surface area contributed by atoms with Gasteiger partial charge in [0.25, 0.3) is 0 Å². The van der Waals surface area contributed by atoms with Crippen molar-refractivity contribution in [1.29, 1.82) is 0 Å². The average Bonchev–Trinajstić information content (AvgIpc) is 2.14. The van der Waals surface area contributed by atoms with Crippen LogP contribution in [0, 0.1) is 11.8 Å². The number of hydrazine groups is 1. The molecule has 1 aliphatic rings. The molecule has 0 bridgehead atoms. The molecule has 1 rings (SSSR count). The predicted octanol–water partition coefficient (Wildman–Crippen LogP) is 0.733. The molecule has 0 aromatic heterocycles. The third kappa shape index (κ3) is 3.18. The molecule has 2 unspecified atom stereocenters. The van der Waals surface area contributed by atoms with Gasteiger partial charge in [0.1, 0.15) is 0 Å². The highest BCUT2D eigenvalue weighted by atomic mass is 16.2. The number of nitrogens with two attached hydrogens (primary N) is 1. The van der Waals surface area contributed by atoms with Gasteiger partial charge in [-0.1, -0.05) is 6.92 Å². The second-order valence-electron chi connectivity index (χ2n) is 5.62. The van der Waals surface area contributed by atoms with Crippen molar-refractivity contribution in [2.45, 2.75) is 39.7 Å². The van der Waals surface area contributed by atoms with Crippen LogP contribution in [0.2, 0.25) is 0 Å². The third-order valence-corrected chi connectivity index (χ3v) is 3.12. The van der Waals surface area contributed by atoms with Crippen LogP contribution in [0.1, 0.15) is 34.1 Å². The van der Waals surface area contributed by atoms with Crippen LogP contribution in [0.4, 0.5) is 0 Å². The van der Waals surface area contributed by atoms with E-state index in [1.54, 1.807) is 0 Å². The van der Waals surface area contributed by atoms with Gasteiger partial charge in [0.05, 0.1) is 5.92 Å². The maximum Gasteiger partial charge on any atom is 0.238 e. The normalized spacial score (nSPS) is 28.9. The first-order valence-corrected chi connectivity index (χ1v) is 5.60. The summed E-state index contributed by atoms with van der Waals surface area (Å²) in [5, 5.41) is 0. The first kappa shape index (κ1) is 12.5. The number of piperidine rings is 1.